The minimum Gasteiger partial charge on any atom is -0.518 e. The molecule has 126 valence electrons. The van der Waals surface area contributed by atoms with Gasteiger partial charge >= 0.3 is 0 Å². The van der Waals surface area contributed by atoms with Crippen LogP contribution in [-0.2, 0) is 26.2 Å². The predicted octanol–water partition coefficient (Wildman–Crippen LogP) is 6.49. The maximum absolute atomic E-state index is 5.01. The molecule has 0 atom stereocenters. The predicted molar refractivity (Wildman–Crippen MR) is 104 cm³/mol. The molecule has 1 aromatic rings. The SMILES string of the molecule is CC1=CC=C(C)N(c2ccccc2)C=C1.Cl.Cl.[CH-]=CCCC.[Zr]. The molecular formula is C19H26Cl2NZr-. The molecule has 0 aliphatic carbocycles. The number of para-hydroxylation sites is 1. The zero-order chi connectivity index (χ0) is 14.8. The first-order valence-corrected chi connectivity index (χ1v) is 7.10. The minimum absolute atomic E-state index is 0. The molecule has 0 aromatic heterocycles. The number of rotatable bonds is 3. The number of benzene rings is 1. The summed E-state index contributed by atoms with van der Waals surface area (Å²) in [6.07, 6.45) is 12.4. The van der Waals surface area contributed by atoms with Crippen molar-refractivity contribution in [2.45, 2.75) is 33.6 Å². The van der Waals surface area contributed by atoms with Crippen molar-refractivity contribution in [1.29, 1.82) is 0 Å². The van der Waals surface area contributed by atoms with Gasteiger partial charge in [0.2, 0.25) is 0 Å². The third-order valence-electron chi connectivity index (χ3n) is 2.94. The van der Waals surface area contributed by atoms with Crippen LogP contribution < -0.4 is 4.90 Å². The van der Waals surface area contributed by atoms with Crippen LogP contribution in [0.2, 0.25) is 0 Å². The molecule has 1 aliphatic heterocycles. The largest absolute Gasteiger partial charge is 0.518 e. The van der Waals surface area contributed by atoms with Crippen LogP contribution in [0.5, 0.6) is 0 Å². The van der Waals surface area contributed by atoms with Gasteiger partial charge in [-0.15, -0.1) is 24.8 Å². The van der Waals surface area contributed by atoms with Gasteiger partial charge in [-0.25, -0.2) is 0 Å². The van der Waals surface area contributed by atoms with E-state index in [2.05, 4.69) is 74.4 Å². The van der Waals surface area contributed by atoms with Crippen LogP contribution in [0.15, 0.2) is 72.1 Å². The van der Waals surface area contributed by atoms with Gasteiger partial charge in [-0.2, -0.15) is 0 Å². The molecule has 2 rings (SSSR count). The molecule has 0 amide bonds. The maximum Gasteiger partial charge on any atom is 0.0452 e. The first-order chi connectivity index (χ1) is 9.69. The van der Waals surface area contributed by atoms with Gasteiger partial charge in [-0.3, -0.25) is 6.08 Å². The van der Waals surface area contributed by atoms with Crippen molar-refractivity contribution >= 4 is 30.5 Å². The smallest absolute Gasteiger partial charge is 0.0452 e. The maximum atomic E-state index is 5.01. The average molecular weight is 431 g/mol. The second kappa shape index (κ2) is 16.3. The summed E-state index contributed by atoms with van der Waals surface area (Å²) < 4.78 is 0. The summed E-state index contributed by atoms with van der Waals surface area (Å²) in [4.78, 5) is 2.19. The van der Waals surface area contributed by atoms with E-state index in [4.69, 9.17) is 6.58 Å². The van der Waals surface area contributed by atoms with Gasteiger partial charge in [0.25, 0.3) is 0 Å². The first-order valence-electron chi connectivity index (χ1n) is 7.10. The molecule has 1 nitrogen and oxygen atoms in total. The van der Waals surface area contributed by atoms with E-state index in [0.717, 1.165) is 12.8 Å². The quantitative estimate of drug-likeness (QED) is 0.496. The Morgan fingerprint density at radius 2 is 1.65 bits per heavy atom. The number of halogens is 2. The van der Waals surface area contributed by atoms with Gasteiger partial charge in [0.15, 0.2) is 0 Å². The zero-order valence-corrected chi connectivity index (χ0v) is 18.1. The van der Waals surface area contributed by atoms with Gasteiger partial charge in [-0.05, 0) is 43.7 Å². The van der Waals surface area contributed by atoms with Gasteiger partial charge in [0, 0.05) is 43.8 Å². The summed E-state index contributed by atoms with van der Waals surface area (Å²) in [6, 6.07) is 10.4. The van der Waals surface area contributed by atoms with Gasteiger partial charge in [0.05, 0.1) is 0 Å². The van der Waals surface area contributed by atoms with Gasteiger partial charge < -0.3 is 11.5 Å². The third kappa shape index (κ3) is 10.8. The summed E-state index contributed by atoms with van der Waals surface area (Å²) in [5.74, 6) is 0. The summed E-state index contributed by atoms with van der Waals surface area (Å²) >= 11 is 0. The molecule has 1 aliphatic rings. The van der Waals surface area contributed by atoms with Crippen molar-refractivity contribution in [3.8, 4) is 0 Å². The van der Waals surface area contributed by atoms with E-state index in [-0.39, 0.29) is 51.0 Å². The first kappa shape index (κ1) is 27.3. The van der Waals surface area contributed by atoms with Crippen LogP contribution in [0.3, 0.4) is 0 Å². The molecule has 23 heavy (non-hydrogen) atoms. The number of nitrogens with zero attached hydrogens (tertiary/aromatic N) is 1. The van der Waals surface area contributed by atoms with E-state index in [1.165, 1.54) is 17.0 Å². The molecule has 0 unspecified atom stereocenters. The second-order valence-electron chi connectivity index (χ2n) is 4.76. The monoisotopic (exact) mass is 428 g/mol. The Bertz CT molecular complexity index is 507. The Balaban J connectivity index is -0.000000444. The van der Waals surface area contributed by atoms with Crippen LogP contribution in [0.1, 0.15) is 33.6 Å². The molecule has 1 aromatic carbocycles. The minimum atomic E-state index is 0. The molecule has 0 saturated carbocycles. The number of hydrogen-bond acceptors (Lipinski definition) is 1. The van der Waals surface area contributed by atoms with E-state index >= 15 is 0 Å². The van der Waals surface area contributed by atoms with Crippen LogP contribution in [0, 0.1) is 6.58 Å². The molecule has 0 bridgehead atoms. The molecule has 0 fully saturated rings. The Kier molecular flexibility index (Phi) is 19.4. The van der Waals surface area contributed by atoms with E-state index in [9.17, 15) is 0 Å². The fourth-order valence-corrected chi connectivity index (χ4v) is 1.74. The summed E-state index contributed by atoms with van der Waals surface area (Å²) in [5, 5.41) is 0. The fourth-order valence-electron chi connectivity index (χ4n) is 1.74. The third-order valence-corrected chi connectivity index (χ3v) is 2.94. The van der Waals surface area contributed by atoms with Crippen LogP contribution >= 0.6 is 24.8 Å². The van der Waals surface area contributed by atoms with Crippen molar-refractivity contribution in [1.82, 2.24) is 0 Å². The van der Waals surface area contributed by atoms with E-state index in [0.29, 0.717) is 0 Å². The molecule has 0 saturated heterocycles. The molecule has 4 heteroatoms. The van der Waals surface area contributed by atoms with Crippen LogP contribution in [-0.4, -0.2) is 0 Å². The van der Waals surface area contributed by atoms with Crippen LogP contribution in [0.4, 0.5) is 5.69 Å². The normalized spacial score (nSPS) is 11.9. The van der Waals surface area contributed by atoms with Crippen molar-refractivity contribution in [3.63, 3.8) is 0 Å². The Morgan fingerprint density at radius 3 is 2.13 bits per heavy atom. The molecule has 1 heterocycles. The van der Waals surface area contributed by atoms with Crippen LogP contribution in [0.25, 0.3) is 0 Å². The number of hydrogen-bond donors (Lipinski definition) is 0. The standard InChI is InChI=1S/C14H15N.C5H9.2ClH.Zr/c1-12-8-9-13(2)15(11-10-12)14-6-4-3-5-7-14;1-3-5-4-2;;;/h3-11H,1-2H3;1,3H,4-5H2,2H3;2*1H;/q;-1;;;. The van der Waals surface area contributed by atoms with Gasteiger partial charge in [0.1, 0.15) is 0 Å². The zero-order valence-electron chi connectivity index (χ0n) is 14.0. The summed E-state index contributed by atoms with van der Waals surface area (Å²) in [5.41, 5.74) is 3.70. The number of allylic oxidation sites excluding steroid dienone is 6. The second-order valence-corrected chi connectivity index (χ2v) is 4.76. The number of unbranched alkanes of at least 4 members (excludes halogenated alkanes) is 1. The summed E-state index contributed by atoms with van der Waals surface area (Å²) in [7, 11) is 0. The topological polar surface area (TPSA) is 3.24 Å². The fraction of sp³-hybridized carbons (Fsp3) is 0.263. The Hall–Kier alpha value is -0.557. The van der Waals surface area contributed by atoms with Crippen molar-refractivity contribution in [3.05, 3.63) is 78.7 Å². The van der Waals surface area contributed by atoms with Crippen molar-refractivity contribution < 1.29 is 26.2 Å². The van der Waals surface area contributed by atoms with Crippen molar-refractivity contribution in [2.24, 2.45) is 0 Å². The van der Waals surface area contributed by atoms with E-state index in [1.807, 2.05) is 6.07 Å². The molecular weight excluding hydrogens is 404 g/mol. The van der Waals surface area contributed by atoms with Gasteiger partial charge in [-0.1, -0.05) is 44.0 Å². The van der Waals surface area contributed by atoms with E-state index in [1.54, 1.807) is 6.08 Å². The molecule has 0 radical (unpaired) electrons. The van der Waals surface area contributed by atoms with E-state index < -0.39 is 0 Å². The molecule has 0 N–H and O–H groups in total. The van der Waals surface area contributed by atoms with Crippen molar-refractivity contribution in [2.75, 3.05) is 4.90 Å². The molecule has 0 spiro atoms. The average Bonchev–Trinajstić information content (AvgIpc) is 2.64. The Morgan fingerprint density at radius 1 is 1.04 bits per heavy atom. The summed E-state index contributed by atoms with van der Waals surface area (Å²) in [6.45, 7) is 11.3. The number of anilines is 1. The Labute approximate surface area is 173 Å².